The van der Waals surface area contributed by atoms with Crippen molar-refractivity contribution in [3.05, 3.63) is 46.2 Å². The summed E-state index contributed by atoms with van der Waals surface area (Å²) in [4.78, 5) is 29.4. The van der Waals surface area contributed by atoms with Gasteiger partial charge in [0.25, 0.3) is 11.5 Å². The minimum atomic E-state index is -0.305. The van der Waals surface area contributed by atoms with Gasteiger partial charge >= 0.3 is 0 Å². The molecule has 5 nitrogen and oxygen atoms in total. The van der Waals surface area contributed by atoms with Crippen LogP contribution >= 0.6 is 12.4 Å². The number of benzene rings is 1. The number of amides is 1. The average molecular weight is 336 g/mol. The van der Waals surface area contributed by atoms with Crippen molar-refractivity contribution in [2.45, 2.75) is 12.8 Å². The number of nitrogens with zero attached hydrogens (tertiary/aromatic N) is 1. The molecule has 1 fully saturated rings. The van der Waals surface area contributed by atoms with Gasteiger partial charge in [0, 0.05) is 18.6 Å². The van der Waals surface area contributed by atoms with Gasteiger partial charge in [-0.05, 0) is 49.9 Å². The van der Waals surface area contributed by atoms with E-state index < -0.39 is 0 Å². The van der Waals surface area contributed by atoms with Crippen LogP contribution in [0.25, 0.3) is 10.9 Å². The number of piperidine rings is 1. The van der Waals surface area contributed by atoms with Crippen LogP contribution in [-0.4, -0.2) is 42.5 Å². The fourth-order valence-electron chi connectivity index (χ4n) is 3.11. The number of carbonyl (C=O) groups is 1. The maximum absolute atomic E-state index is 12.6. The van der Waals surface area contributed by atoms with Crippen LogP contribution < -0.4 is 10.9 Å². The van der Waals surface area contributed by atoms with Gasteiger partial charge in [-0.15, -0.1) is 12.4 Å². The lowest BCUT2D eigenvalue weighted by Crippen LogP contribution is -2.42. The van der Waals surface area contributed by atoms with E-state index in [1.165, 1.54) is 0 Å². The molecule has 0 saturated carbocycles. The molecule has 1 aromatic heterocycles. The summed E-state index contributed by atoms with van der Waals surface area (Å²) in [5.74, 6) is 0.457. The van der Waals surface area contributed by atoms with E-state index in [4.69, 9.17) is 0 Å². The molecule has 1 aliphatic heterocycles. The number of rotatable bonds is 3. The van der Waals surface area contributed by atoms with Crippen molar-refractivity contribution in [1.82, 2.24) is 15.2 Å². The summed E-state index contributed by atoms with van der Waals surface area (Å²) in [6, 6.07) is 9.22. The van der Waals surface area contributed by atoms with E-state index in [1.807, 2.05) is 31.3 Å². The molecule has 23 heavy (non-hydrogen) atoms. The van der Waals surface area contributed by atoms with Crippen molar-refractivity contribution in [3.63, 3.8) is 0 Å². The number of aromatic amines is 1. The highest BCUT2D eigenvalue weighted by Gasteiger charge is 2.24. The van der Waals surface area contributed by atoms with Gasteiger partial charge in [-0.1, -0.05) is 18.2 Å². The Labute approximate surface area is 141 Å². The lowest BCUT2D eigenvalue weighted by atomic mass is 9.96. The minimum absolute atomic E-state index is 0. The van der Waals surface area contributed by atoms with Crippen molar-refractivity contribution >= 4 is 29.2 Å². The second kappa shape index (κ2) is 7.62. The van der Waals surface area contributed by atoms with Gasteiger partial charge in [-0.3, -0.25) is 9.59 Å². The molecule has 0 spiro atoms. The van der Waals surface area contributed by atoms with Crippen molar-refractivity contribution in [3.8, 4) is 0 Å². The van der Waals surface area contributed by atoms with Gasteiger partial charge in [0.2, 0.25) is 0 Å². The van der Waals surface area contributed by atoms with E-state index in [0.29, 0.717) is 5.92 Å². The third-order valence-electron chi connectivity index (χ3n) is 4.38. The topological polar surface area (TPSA) is 65.2 Å². The Bertz CT molecular complexity index is 736. The molecular formula is C17H22ClN3O2. The molecule has 124 valence electrons. The zero-order valence-corrected chi connectivity index (χ0v) is 14.0. The summed E-state index contributed by atoms with van der Waals surface area (Å²) in [5.41, 5.74) is 0.698. The minimum Gasteiger partial charge on any atom is -0.338 e. The molecule has 1 aromatic carbocycles. The van der Waals surface area contributed by atoms with Crippen LogP contribution in [0.15, 0.2) is 35.1 Å². The number of likely N-dealkylation sites (tertiary alicyclic amines) is 1. The lowest BCUT2D eigenvalue weighted by molar-refractivity contribution is 0.0689. The second-order valence-electron chi connectivity index (χ2n) is 5.89. The molecule has 0 aliphatic carbocycles. The number of pyridine rings is 1. The Morgan fingerprint density at radius 3 is 2.70 bits per heavy atom. The van der Waals surface area contributed by atoms with Crippen molar-refractivity contribution in [1.29, 1.82) is 0 Å². The first-order valence-electron chi connectivity index (χ1n) is 7.75. The Morgan fingerprint density at radius 1 is 1.30 bits per heavy atom. The van der Waals surface area contributed by atoms with Crippen LogP contribution in [-0.2, 0) is 0 Å². The maximum Gasteiger partial charge on any atom is 0.261 e. The molecule has 0 radical (unpaired) electrons. The highest BCUT2D eigenvalue weighted by Crippen LogP contribution is 2.18. The van der Waals surface area contributed by atoms with Crippen molar-refractivity contribution in [2.24, 2.45) is 5.92 Å². The van der Waals surface area contributed by atoms with Crippen LogP contribution in [0.5, 0.6) is 0 Å². The SMILES string of the molecule is CNCC1CCN(C(=O)c2cc3ccccc3[nH]c2=O)CC1.Cl. The van der Waals surface area contributed by atoms with Gasteiger partial charge in [-0.2, -0.15) is 0 Å². The number of hydrogen-bond acceptors (Lipinski definition) is 3. The largest absolute Gasteiger partial charge is 0.338 e. The second-order valence-corrected chi connectivity index (χ2v) is 5.89. The molecule has 2 N–H and O–H groups in total. The summed E-state index contributed by atoms with van der Waals surface area (Å²) < 4.78 is 0. The van der Waals surface area contributed by atoms with E-state index in [9.17, 15) is 9.59 Å². The third kappa shape index (κ3) is 3.74. The van der Waals surface area contributed by atoms with Gasteiger partial charge in [0.05, 0.1) is 0 Å². The van der Waals surface area contributed by atoms with E-state index in [0.717, 1.165) is 43.4 Å². The van der Waals surface area contributed by atoms with Crippen LogP contribution in [0.2, 0.25) is 0 Å². The third-order valence-corrected chi connectivity index (χ3v) is 4.38. The molecule has 1 aliphatic rings. The Balaban J connectivity index is 0.00000192. The van der Waals surface area contributed by atoms with E-state index in [2.05, 4.69) is 10.3 Å². The number of fused-ring (bicyclic) bond motifs is 1. The van der Waals surface area contributed by atoms with Crippen molar-refractivity contribution in [2.75, 3.05) is 26.7 Å². The van der Waals surface area contributed by atoms with Gasteiger partial charge in [0.15, 0.2) is 0 Å². The molecule has 6 heteroatoms. The number of aromatic nitrogens is 1. The molecule has 0 unspecified atom stereocenters. The molecule has 3 rings (SSSR count). The number of halogens is 1. The van der Waals surface area contributed by atoms with Crippen LogP contribution in [0, 0.1) is 5.92 Å². The molecule has 0 bridgehead atoms. The van der Waals surface area contributed by atoms with Crippen LogP contribution in [0.4, 0.5) is 0 Å². The number of nitrogens with one attached hydrogen (secondary N) is 2. The fraction of sp³-hybridized carbons (Fsp3) is 0.412. The number of para-hydroxylation sites is 1. The molecule has 2 aromatic rings. The Hall–Kier alpha value is -1.85. The summed E-state index contributed by atoms with van der Waals surface area (Å²) in [7, 11) is 1.95. The zero-order valence-electron chi connectivity index (χ0n) is 13.2. The summed E-state index contributed by atoms with van der Waals surface area (Å²) in [6.45, 7) is 2.42. The average Bonchev–Trinajstić information content (AvgIpc) is 2.54. The quantitative estimate of drug-likeness (QED) is 0.902. The molecule has 1 amide bonds. The van der Waals surface area contributed by atoms with Crippen LogP contribution in [0.1, 0.15) is 23.2 Å². The molecule has 1 saturated heterocycles. The standard InChI is InChI=1S/C17H21N3O2.ClH/c1-18-11-12-6-8-20(9-7-12)17(22)14-10-13-4-2-3-5-15(13)19-16(14)21;/h2-5,10,12,18H,6-9,11H2,1H3,(H,19,21);1H. The highest BCUT2D eigenvalue weighted by molar-refractivity contribution is 5.97. The first-order chi connectivity index (χ1) is 10.7. The monoisotopic (exact) mass is 335 g/mol. The summed E-state index contributed by atoms with van der Waals surface area (Å²) >= 11 is 0. The van der Waals surface area contributed by atoms with E-state index in [-0.39, 0.29) is 29.4 Å². The van der Waals surface area contributed by atoms with E-state index in [1.54, 1.807) is 11.0 Å². The first-order valence-corrected chi connectivity index (χ1v) is 7.75. The van der Waals surface area contributed by atoms with Gasteiger partial charge in [-0.25, -0.2) is 0 Å². The molecule has 2 heterocycles. The zero-order chi connectivity index (χ0) is 15.5. The lowest BCUT2D eigenvalue weighted by Gasteiger charge is -2.31. The predicted molar refractivity (Wildman–Crippen MR) is 94.4 cm³/mol. The number of H-pyrrole nitrogens is 1. The molecule has 0 atom stereocenters. The predicted octanol–water partition coefficient (Wildman–Crippen LogP) is 2.02. The molecular weight excluding hydrogens is 314 g/mol. The summed E-state index contributed by atoms with van der Waals surface area (Å²) in [5, 5.41) is 4.07. The Morgan fingerprint density at radius 2 is 2.00 bits per heavy atom. The maximum atomic E-state index is 12.6. The smallest absolute Gasteiger partial charge is 0.261 e. The normalized spacial score (nSPS) is 15.4. The fourth-order valence-corrected chi connectivity index (χ4v) is 3.11. The van der Waals surface area contributed by atoms with Crippen LogP contribution in [0.3, 0.4) is 0 Å². The number of hydrogen-bond donors (Lipinski definition) is 2. The number of carbonyl (C=O) groups excluding carboxylic acids is 1. The Kier molecular flexibility index (Phi) is 5.80. The van der Waals surface area contributed by atoms with Crippen molar-refractivity contribution < 1.29 is 4.79 Å². The van der Waals surface area contributed by atoms with Gasteiger partial charge < -0.3 is 15.2 Å². The summed E-state index contributed by atoms with van der Waals surface area (Å²) in [6.07, 6.45) is 1.97. The highest BCUT2D eigenvalue weighted by atomic mass is 35.5. The van der Waals surface area contributed by atoms with Gasteiger partial charge in [0.1, 0.15) is 5.56 Å². The van der Waals surface area contributed by atoms with E-state index >= 15 is 0 Å². The first kappa shape index (κ1) is 17.5.